The molecule has 1 aliphatic rings. The molecule has 1 saturated heterocycles. The van der Waals surface area contributed by atoms with Crippen LogP contribution >= 0.6 is 0 Å². The third-order valence-corrected chi connectivity index (χ3v) is 3.08. The number of benzene rings is 1. The van der Waals surface area contributed by atoms with Crippen molar-refractivity contribution in [2.45, 2.75) is 45.8 Å². The van der Waals surface area contributed by atoms with E-state index in [1.165, 1.54) is 11.1 Å². The summed E-state index contributed by atoms with van der Waals surface area (Å²) >= 11 is 0. The number of hydrogen-bond donors (Lipinski definition) is 0. The van der Waals surface area contributed by atoms with Gasteiger partial charge in [0, 0.05) is 0 Å². The van der Waals surface area contributed by atoms with Gasteiger partial charge in [-0.3, -0.25) is 0 Å². The summed E-state index contributed by atoms with van der Waals surface area (Å²) in [6, 6.07) is 6.27. The second-order valence-electron chi connectivity index (χ2n) is 4.73. The summed E-state index contributed by atoms with van der Waals surface area (Å²) in [4.78, 5) is 0. The van der Waals surface area contributed by atoms with Gasteiger partial charge < -0.3 is 9.47 Å². The molecule has 2 heteroatoms. The quantitative estimate of drug-likeness (QED) is 0.778. The second kappa shape index (κ2) is 4.88. The van der Waals surface area contributed by atoms with Gasteiger partial charge >= 0.3 is 0 Å². The van der Waals surface area contributed by atoms with Crippen LogP contribution in [0.15, 0.2) is 18.2 Å². The second-order valence-corrected chi connectivity index (χ2v) is 4.73. The Morgan fingerprint density at radius 1 is 1.31 bits per heavy atom. The summed E-state index contributed by atoms with van der Waals surface area (Å²) in [5.74, 6) is 0.980. The van der Waals surface area contributed by atoms with Crippen LogP contribution in [0.4, 0.5) is 0 Å². The molecule has 1 heterocycles. The third-order valence-electron chi connectivity index (χ3n) is 3.08. The SMILES string of the molecule is Cc1ccc(OCC2CCC(C)O2)c(C)c1. The lowest BCUT2D eigenvalue weighted by molar-refractivity contribution is 0.0263. The molecule has 0 spiro atoms. The lowest BCUT2D eigenvalue weighted by Crippen LogP contribution is -2.18. The monoisotopic (exact) mass is 220 g/mol. The number of ether oxygens (including phenoxy) is 2. The first-order valence-electron chi connectivity index (χ1n) is 6.00. The van der Waals surface area contributed by atoms with E-state index in [0.717, 1.165) is 18.6 Å². The van der Waals surface area contributed by atoms with Gasteiger partial charge in [-0.15, -0.1) is 0 Å². The molecule has 2 unspecified atom stereocenters. The summed E-state index contributed by atoms with van der Waals surface area (Å²) in [7, 11) is 0. The first-order chi connectivity index (χ1) is 7.65. The van der Waals surface area contributed by atoms with Crippen LogP contribution in [0.25, 0.3) is 0 Å². The van der Waals surface area contributed by atoms with E-state index in [-0.39, 0.29) is 6.10 Å². The van der Waals surface area contributed by atoms with E-state index in [2.05, 4.69) is 32.9 Å². The molecular formula is C14H20O2. The molecular weight excluding hydrogens is 200 g/mol. The highest BCUT2D eigenvalue weighted by molar-refractivity contribution is 5.35. The zero-order chi connectivity index (χ0) is 11.5. The van der Waals surface area contributed by atoms with Gasteiger partial charge in [0.15, 0.2) is 0 Å². The minimum Gasteiger partial charge on any atom is -0.491 e. The molecule has 1 aromatic rings. The average molecular weight is 220 g/mol. The maximum absolute atomic E-state index is 5.80. The van der Waals surface area contributed by atoms with Gasteiger partial charge in [-0.05, 0) is 45.2 Å². The predicted molar refractivity (Wildman–Crippen MR) is 65.0 cm³/mol. The highest BCUT2D eigenvalue weighted by Crippen LogP contribution is 2.22. The minimum atomic E-state index is 0.274. The Balaban J connectivity index is 1.89. The molecule has 2 atom stereocenters. The minimum absolute atomic E-state index is 0.274. The van der Waals surface area contributed by atoms with E-state index in [9.17, 15) is 0 Å². The number of rotatable bonds is 3. The number of aryl methyl sites for hydroxylation is 2. The van der Waals surface area contributed by atoms with Crippen molar-refractivity contribution in [3.8, 4) is 5.75 Å². The Hall–Kier alpha value is -1.02. The van der Waals surface area contributed by atoms with Crippen LogP contribution < -0.4 is 4.74 Å². The van der Waals surface area contributed by atoms with Crippen molar-refractivity contribution >= 4 is 0 Å². The maximum atomic E-state index is 5.80. The summed E-state index contributed by atoms with van der Waals surface area (Å²) in [6.07, 6.45) is 2.94. The van der Waals surface area contributed by atoms with Crippen LogP contribution in [0.2, 0.25) is 0 Å². The van der Waals surface area contributed by atoms with E-state index >= 15 is 0 Å². The van der Waals surface area contributed by atoms with Crippen molar-refractivity contribution in [3.05, 3.63) is 29.3 Å². The zero-order valence-corrected chi connectivity index (χ0v) is 10.3. The fraction of sp³-hybridized carbons (Fsp3) is 0.571. The molecule has 16 heavy (non-hydrogen) atoms. The lowest BCUT2D eigenvalue weighted by atomic mass is 10.1. The Kier molecular flexibility index (Phi) is 3.49. The molecule has 0 aromatic heterocycles. The van der Waals surface area contributed by atoms with Gasteiger partial charge in [0.2, 0.25) is 0 Å². The van der Waals surface area contributed by atoms with E-state index in [1.54, 1.807) is 0 Å². The van der Waals surface area contributed by atoms with Gasteiger partial charge in [-0.1, -0.05) is 17.7 Å². The van der Waals surface area contributed by atoms with E-state index in [0.29, 0.717) is 12.7 Å². The Morgan fingerprint density at radius 3 is 2.75 bits per heavy atom. The van der Waals surface area contributed by atoms with Gasteiger partial charge in [0.1, 0.15) is 12.4 Å². The van der Waals surface area contributed by atoms with Crippen molar-refractivity contribution in [1.82, 2.24) is 0 Å². The molecule has 0 amide bonds. The molecule has 0 aliphatic carbocycles. The molecule has 1 aromatic carbocycles. The van der Waals surface area contributed by atoms with Crippen molar-refractivity contribution in [2.24, 2.45) is 0 Å². The van der Waals surface area contributed by atoms with Crippen LogP contribution in [-0.2, 0) is 4.74 Å². The van der Waals surface area contributed by atoms with Crippen molar-refractivity contribution in [3.63, 3.8) is 0 Å². The first-order valence-corrected chi connectivity index (χ1v) is 6.00. The maximum Gasteiger partial charge on any atom is 0.122 e. The largest absolute Gasteiger partial charge is 0.491 e. The van der Waals surface area contributed by atoms with Gasteiger partial charge in [-0.2, -0.15) is 0 Å². The molecule has 0 bridgehead atoms. The molecule has 0 saturated carbocycles. The summed E-state index contributed by atoms with van der Waals surface area (Å²) < 4.78 is 11.5. The van der Waals surface area contributed by atoms with Gasteiger partial charge in [-0.25, -0.2) is 0 Å². The highest BCUT2D eigenvalue weighted by Gasteiger charge is 2.22. The standard InChI is InChI=1S/C14H20O2/c1-10-4-7-14(11(2)8-10)15-9-13-6-5-12(3)16-13/h4,7-8,12-13H,5-6,9H2,1-3H3. The van der Waals surface area contributed by atoms with Crippen molar-refractivity contribution in [1.29, 1.82) is 0 Å². The Bertz CT molecular complexity index is 360. The van der Waals surface area contributed by atoms with Crippen LogP contribution in [0.3, 0.4) is 0 Å². The van der Waals surface area contributed by atoms with Gasteiger partial charge in [0.25, 0.3) is 0 Å². The fourth-order valence-corrected chi connectivity index (χ4v) is 2.15. The van der Waals surface area contributed by atoms with Crippen LogP contribution in [-0.4, -0.2) is 18.8 Å². The molecule has 2 rings (SSSR count). The van der Waals surface area contributed by atoms with Crippen molar-refractivity contribution in [2.75, 3.05) is 6.61 Å². The highest BCUT2D eigenvalue weighted by atomic mass is 16.5. The molecule has 1 fully saturated rings. The van der Waals surface area contributed by atoms with E-state index < -0.39 is 0 Å². The summed E-state index contributed by atoms with van der Waals surface area (Å²) in [5, 5.41) is 0. The number of hydrogen-bond acceptors (Lipinski definition) is 2. The van der Waals surface area contributed by atoms with E-state index in [4.69, 9.17) is 9.47 Å². The predicted octanol–water partition coefficient (Wildman–Crippen LogP) is 3.25. The van der Waals surface area contributed by atoms with E-state index in [1.807, 2.05) is 6.07 Å². The topological polar surface area (TPSA) is 18.5 Å². The Morgan fingerprint density at radius 2 is 2.12 bits per heavy atom. The third kappa shape index (κ3) is 2.76. The average Bonchev–Trinajstić information content (AvgIpc) is 2.63. The normalized spacial score (nSPS) is 24.7. The first kappa shape index (κ1) is 11.5. The summed E-state index contributed by atoms with van der Waals surface area (Å²) in [6.45, 7) is 6.98. The molecule has 88 valence electrons. The fourth-order valence-electron chi connectivity index (χ4n) is 2.15. The van der Waals surface area contributed by atoms with Crippen LogP contribution in [0.5, 0.6) is 5.75 Å². The molecule has 0 radical (unpaired) electrons. The van der Waals surface area contributed by atoms with Crippen LogP contribution in [0.1, 0.15) is 30.9 Å². The molecule has 2 nitrogen and oxygen atoms in total. The van der Waals surface area contributed by atoms with Crippen LogP contribution in [0, 0.1) is 13.8 Å². The lowest BCUT2D eigenvalue weighted by Gasteiger charge is -2.14. The molecule has 1 aliphatic heterocycles. The van der Waals surface area contributed by atoms with Gasteiger partial charge in [0.05, 0.1) is 12.2 Å². The Labute approximate surface area is 97.6 Å². The zero-order valence-electron chi connectivity index (χ0n) is 10.3. The smallest absolute Gasteiger partial charge is 0.122 e. The van der Waals surface area contributed by atoms with Crippen molar-refractivity contribution < 1.29 is 9.47 Å². The summed E-state index contributed by atoms with van der Waals surface area (Å²) in [5.41, 5.74) is 2.47. The molecule has 0 N–H and O–H groups in total.